The highest BCUT2D eigenvalue weighted by molar-refractivity contribution is 7.99. The molecule has 1 saturated heterocycles. The lowest BCUT2D eigenvalue weighted by molar-refractivity contribution is -0.137. The van der Waals surface area contributed by atoms with Crippen molar-refractivity contribution in [2.24, 2.45) is 4.99 Å². The van der Waals surface area contributed by atoms with Gasteiger partial charge in [-0.05, 0) is 49.8 Å². The van der Waals surface area contributed by atoms with Crippen molar-refractivity contribution in [1.29, 1.82) is 0 Å². The number of aliphatic hydroxyl groups excluding tert-OH is 1. The van der Waals surface area contributed by atoms with E-state index in [0.29, 0.717) is 51.4 Å². The zero-order chi connectivity index (χ0) is 30.6. The topological polar surface area (TPSA) is 72.3 Å². The molecule has 1 fully saturated rings. The molecule has 1 N–H and O–H groups in total. The van der Waals surface area contributed by atoms with E-state index >= 15 is 0 Å². The minimum Gasteiger partial charge on any atom is -0.355 e. The summed E-state index contributed by atoms with van der Waals surface area (Å²) in [6, 6.07) is 5.99. The summed E-state index contributed by atoms with van der Waals surface area (Å²) in [7, 11) is 0. The molecular formula is C30H29ClF3N5O2S2. The molecule has 6 rings (SSSR count). The maximum atomic E-state index is 14.9. The van der Waals surface area contributed by atoms with Crippen LogP contribution in [0.5, 0.6) is 0 Å². The molecule has 1 aromatic carbocycles. The third-order valence-corrected chi connectivity index (χ3v) is 10.6. The molecule has 5 heterocycles. The van der Waals surface area contributed by atoms with Gasteiger partial charge in [-0.15, -0.1) is 23.1 Å². The summed E-state index contributed by atoms with van der Waals surface area (Å²) in [5.41, 5.74) is 1.09. The number of aliphatic hydroxyl groups is 1. The highest BCUT2D eigenvalue weighted by Crippen LogP contribution is 2.53. The number of hydrogen-bond donors (Lipinski definition) is 1. The lowest BCUT2D eigenvalue weighted by Gasteiger charge is -2.47. The number of pyridine rings is 1. The first-order valence-electron chi connectivity index (χ1n) is 13.8. The van der Waals surface area contributed by atoms with Crippen LogP contribution in [-0.4, -0.2) is 75.5 Å². The fraction of sp³-hybridized carbons (Fsp3) is 0.367. The van der Waals surface area contributed by atoms with E-state index in [9.17, 15) is 23.1 Å². The number of alkyl halides is 3. The van der Waals surface area contributed by atoms with Crippen LogP contribution in [0.3, 0.4) is 0 Å². The molecule has 4 atom stereocenters. The molecule has 0 spiro atoms. The molecular weight excluding hydrogens is 619 g/mol. The largest absolute Gasteiger partial charge is 0.417 e. The summed E-state index contributed by atoms with van der Waals surface area (Å²) in [6.45, 7) is 8.39. The van der Waals surface area contributed by atoms with E-state index in [4.69, 9.17) is 11.6 Å². The van der Waals surface area contributed by atoms with Crippen LogP contribution in [0.1, 0.15) is 36.5 Å². The van der Waals surface area contributed by atoms with Gasteiger partial charge in [0.15, 0.2) is 0 Å². The molecule has 0 saturated carbocycles. The van der Waals surface area contributed by atoms with Gasteiger partial charge in [0.05, 0.1) is 16.3 Å². The second-order valence-corrected chi connectivity index (χ2v) is 13.3. The summed E-state index contributed by atoms with van der Waals surface area (Å²) in [5, 5.41) is 13.5. The zero-order valence-corrected chi connectivity index (χ0v) is 25.8. The molecule has 13 heteroatoms. The first-order chi connectivity index (χ1) is 20.5. The Morgan fingerprint density at radius 3 is 2.47 bits per heavy atom. The highest BCUT2D eigenvalue weighted by atomic mass is 35.5. The number of aromatic nitrogens is 1. The number of thiophene rings is 1. The van der Waals surface area contributed by atoms with E-state index in [1.54, 1.807) is 33.6 Å². The molecule has 3 aliphatic heterocycles. The Kier molecular flexibility index (Phi) is 7.99. The number of benzene rings is 1. The monoisotopic (exact) mass is 647 g/mol. The molecule has 0 radical (unpaired) electrons. The second kappa shape index (κ2) is 11.5. The highest BCUT2D eigenvalue weighted by Gasteiger charge is 2.44. The van der Waals surface area contributed by atoms with Crippen molar-refractivity contribution in [2.45, 2.75) is 49.3 Å². The lowest BCUT2D eigenvalue weighted by atomic mass is 9.95. The van der Waals surface area contributed by atoms with Gasteiger partial charge in [0.25, 0.3) is 0 Å². The zero-order valence-electron chi connectivity index (χ0n) is 23.4. The number of amidine groups is 1. The van der Waals surface area contributed by atoms with Crippen molar-refractivity contribution >= 4 is 52.1 Å². The fourth-order valence-electron chi connectivity index (χ4n) is 6.30. The van der Waals surface area contributed by atoms with Crippen LogP contribution in [0.4, 0.5) is 18.9 Å². The average Bonchev–Trinajstić information content (AvgIpc) is 3.29. The second-order valence-electron chi connectivity index (χ2n) is 10.9. The number of anilines is 1. The van der Waals surface area contributed by atoms with Gasteiger partial charge in [-0.1, -0.05) is 18.2 Å². The first kappa shape index (κ1) is 30.0. The van der Waals surface area contributed by atoms with Gasteiger partial charge in [-0.3, -0.25) is 9.78 Å². The van der Waals surface area contributed by atoms with Crippen LogP contribution in [0.2, 0.25) is 5.02 Å². The number of thioether (sulfide) groups is 1. The Morgan fingerprint density at radius 1 is 1.16 bits per heavy atom. The Bertz CT molecular complexity index is 1590. The Hall–Kier alpha value is -3.06. The molecule has 1 unspecified atom stereocenters. The minimum absolute atomic E-state index is 0.0603. The number of piperazine rings is 1. The van der Waals surface area contributed by atoms with Gasteiger partial charge in [0.2, 0.25) is 12.3 Å². The molecule has 226 valence electrons. The van der Waals surface area contributed by atoms with Crippen molar-refractivity contribution in [2.75, 3.05) is 30.3 Å². The third kappa shape index (κ3) is 5.43. The fourth-order valence-corrected chi connectivity index (χ4v) is 8.90. The van der Waals surface area contributed by atoms with Crippen LogP contribution in [-0.2, 0) is 11.0 Å². The van der Waals surface area contributed by atoms with Crippen LogP contribution in [0.15, 0.2) is 64.6 Å². The Balaban J connectivity index is 1.54. The summed E-state index contributed by atoms with van der Waals surface area (Å²) in [4.78, 5) is 27.4. The minimum atomic E-state index is -4.67. The third-order valence-electron chi connectivity index (χ3n) is 8.09. The van der Waals surface area contributed by atoms with E-state index in [1.807, 2.05) is 30.9 Å². The van der Waals surface area contributed by atoms with Gasteiger partial charge >= 0.3 is 6.18 Å². The standard InChI is InChI=1S/C30H29ClF3N5O2S2/c1-4-24(40)39-16(2)11-37(12-17(39)3)28-21-10-22(30(32,33)34)25(23-9-20(31)15-42-23)27-26(21)38(29(41)36-28)13-19(14-43-27)18-5-7-35-8-6-18/h4-10,15-17,19,29,41H,1,11-14H2,2-3H3/t16-,17+,19-,29?/m0/s1. The summed E-state index contributed by atoms with van der Waals surface area (Å²) >= 11 is 8.73. The Morgan fingerprint density at radius 2 is 1.86 bits per heavy atom. The predicted molar refractivity (Wildman–Crippen MR) is 165 cm³/mol. The van der Waals surface area contributed by atoms with Crippen LogP contribution < -0.4 is 4.90 Å². The van der Waals surface area contributed by atoms with E-state index in [0.717, 1.165) is 16.9 Å². The number of carbonyl (C=O) groups excluding carboxylic acids is 1. The molecule has 1 amide bonds. The molecule has 3 aliphatic rings. The van der Waals surface area contributed by atoms with E-state index in [2.05, 4.69) is 16.6 Å². The normalized spacial score (nSPS) is 23.9. The smallest absolute Gasteiger partial charge is 0.355 e. The molecule has 7 nitrogen and oxygen atoms in total. The first-order valence-corrected chi connectivity index (χ1v) is 16.0. The summed E-state index contributed by atoms with van der Waals surface area (Å²) in [6.07, 6.45) is -1.35. The van der Waals surface area contributed by atoms with Crippen LogP contribution in [0.25, 0.3) is 10.4 Å². The van der Waals surface area contributed by atoms with E-state index < -0.39 is 18.1 Å². The van der Waals surface area contributed by atoms with Gasteiger partial charge < -0.3 is 19.8 Å². The number of nitrogens with zero attached hydrogens (tertiary/aromatic N) is 5. The van der Waals surface area contributed by atoms with Gasteiger partial charge in [-0.25, -0.2) is 4.99 Å². The summed E-state index contributed by atoms with van der Waals surface area (Å²) in [5.74, 6) is 0.455. The number of halogens is 4. The predicted octanol–water partition coefficient (Wildman–Crippen LogP) is 6.32. The molecule has 0 bridgehead atoms. The van der Waals surface area contributed by atoms with Crippen molar-refractivity contribution in [1.82, 2.24) is 14.8 Å². The number of aliphatic imine (C=N–C) groups is 1. The molecule has 2 aromatic heterocycles. The SMILES string of the molecule is C=CC(=O)N1[C@H](C)CN(C2=NC(O)N3C[C@H](c4ccncc4)CSc4c(-c5cc(Cl)cs5)c(C(F)(F)F)cc2c43)C[C@@H]1C. The molecule has 0 aliphatic carbocycles. The summed E-state index contributed by atoms with van der Waals surface area (Å²) < 4.78 is 44.8. The van der Waals surface area contributed by atoms with Gasteiger partial charge in [0, 0.05) is 82.1 Å². The quantitative estimate of drug-likeness (QED) is 0.336. The van der Waals surface area contributed by atoms with E-state index in [-0.39, 0.29) is 35.3 Å². The number of carbonyl (C=O) groups is 1. The Labute approximate surface area is 260 Å². The molecule has 43 heavy (non-hydrogen) atoms. The van der Waals surface area contributed by atoms with Crippen molar-refractivity contribution in [3.63, 3.8) is 0 Å². The maximum absolute atomic E-state index is 14.9. The average molecular weight is 648 g/mol. The molecule has 3 aromatic rings. The van der Waals surface area contributed by atoms with Crippen LogP contribution >= 0.6 is 34.7 Å². The number of amides is 1. The van der Waals surface area contributed by atoms with Crippen LogP contribution in [0, 0.1) is 0 Å². The van der Waals surface area contributed by atoms with Crippen molar-refractivity contribution in [3.05, 3.63) is 76.4 Å². The van der Waals surface area contributed by atoms with Crippen molar-refractivity contribution in [3.8, 4) is 10.4 Å². The van der Waals surface area contributed by atoms with Gasteiger partial charge in [0.1, 0.15) is 5.84 Å². The van der Waals surface area contributed by atoms with E-state index in [1.165, 1.54) is 23.9 Å². The van der Waals surface area contributed by atoms with Crippen molar-refractivity contribution < 1.29 is 23.1 Å². The number of hydrogen-bond acceptors (Lipinski definition) is 8. The lowest BCUT2D eigenvalue weighted by Crippen LogP contribution is -2.60. The van der Waals surface area contributed by atoms with Gasteiger partial charge in [-0.2, -0.15) is 13.2 Å². The maximum Gasteiger partial charge on any atom is 0.417 e. The number of rotatable bonds is 3.